The van der Waals surface area contributed by atoms with Crippen molar-refractivity contribution in [2.24, 2.45) is 23.7 Å². The molecule has 3 aliphatic rings. The molecule has 1 saturated heterocycles. The first-order chi connectivity index (χ1) is 17.5. The fraction of sp³-hybridized carbons (Fsp3) is 0.400. The Hall–Kier alpha value is -3.54. The minimum absolute atomic E-state index is 0.0114. The standard InChI is InChI=1S/C30H31N3O3/c1-18(20-7-8-20)23(15-19-5-3-2-4-6-19)27(34)17-24-28(35)30(32-29(24)36)13-11-21-16-22(9-10-25(21)30)26-12-14-31-33-26/h2-6,9-10,12,14,16,18,20,23-24H,7-8,11,13,15,17H2,1H3,(H,31,33)(H,32,36)/t18-,23?,24?,30?/m0/s1. The maximum atomic E-state index is 13.8. The first kappa shape index (κ1) is 22.9. The van der Waals surface area contributed by atoms with Crippen LogP contribution in [0.4, 0.5) is 0 Å². The number of carbonyl (C=O) groups excluding carboxylic acids is 3. The van der Waals surface area contributed by atoms with Crippen molar-refractivity contribution in [1.29, 1.82) is 0 Å². The SMILES string of the molecule is C[C@@H](C1CC1)C(Cc1ccccc1)C(=O)CC1C(=O)NC2(CCc3cc(-c4ccn[nH]4)ccc32)C1=O. The number of rotatable bonds is 8. The highest BCUT2D eigenvalue weighted by molar-refractivity contribution is 6.15. The highest BCUT2D eigenvalue weighted by Crippen LogP contribution is 2.46. The lowest BCUT2D eigenvalue weighted by molar-refractivity contribution is -0.135. The predicted molar refractivity (Wildman–Crippen MR) is 136 cm³/mol. The van der Waals surface area contributed by atoms with Crippen molar-refractivity contribution in [3.05, 3.63) is 77.5 Å². The Morgan fingerprint density at radius 3 is 2.64 bits per heavy atom. The molecule has 6 rings (SSSR count). The number of hydrogen-bond acceptors (Lipinski definition) is 4. The van der Waals surface area contributed by atoms with Gasteiger partial charge < -0.3 is 5.32 Å². The third-order valence-corrected chi connectivity index (χ3v) is 8.65. The number of benzene rings is 2. The van der Waals surface area contributed by atoms with Crippen LogP contribution in [0.2, 0.25) is 0 Å². The van der Waals surface area contributed by atoms with Crippen molar-refractivity contribution in [3.63, 3.8) is 0 Å². The van der Waals surface area contributed by atoms with E-state index in [1.807, 2.05) is 36.4 Å². The Bertz CT molecular complexity index is 1310. The van der Waals surface area contributed by atoms with Gasteiger partial charge in [-0.25, -0.2) is 0 Å². The van der Waals surface area contributed by atoms with Crippen molar-refractivity contribution in [2.75, 3.05) is 0 Å². The van der Waals surface area contributed by atoms with Crippen LogP contribution in [0.5, 0.6) is 0 Å². The van der Waals surface area contributed by atoms with Crippen molar-refractivity contribution in [3.8, 4) is 11.3 Å². The number of amides is 1. The van der Waals surface area contributed by atoms with Crippen molar-refractivity contribution >= 4 is 17.5 Å². The molecule has 0 radical (unpaired) electrons. The van der Waals surface area contributed by atoms with Crippen molar-refractivity contribution in [2.45, 2.75) is 51.0 Å². The monoisotopic (exact) mass is 481 g/mol. The number of aromatic nitrogens is 2. The van der Waals surface area contributed by atoms with Crippen molar-refractivity contribution in [1.82, 2.24) is 15.5 Å². The molecule has 36 heavy (non-hydrogen) atoms. The summed E-state index contributed by atoms with van der Waals surface area (Å²) in [5.74, 6) is -0.697. The van der Waals surface area contributed by atoms with Crippen LogP contribution in [0.3, 0.4) is 0 Å². The highest BCUT2D eigenvalue weighted by atomic mass is 16.2. The van der Waals surface area contributed by atoms with E-state index in [1.165, 1.54) is 0 Å². The quantitative estimate of drug-likeness (QED) is 0.467. The van der Waals surface area contributed by atoms with Crippen LogP contribution >= 0.6 is 0 Å². The molecule has 0 bridgehead atoms. The zero-order chi connectivity index (χ0) is 24.9. The summed E-state index contributed by atoms with van der Waals surface area (Å²) in [5, 5.41) is 10.0. The molecular formula is C30H31N3O3. The molecule has 1 amide bonds. The molecule has 1 saturated carbocycles. The van der Waals surface area contributed by atoms with Crippen LogP contribution in [-0.2, 0) is 32.8 Å². The maximum absolute atomic E-state index is 13.8. The topological polar surface area (TPSA) is 91.9 Å². The number of aryl methyl sites for hydroxylation is 1. The fourth-order valence-electron chi connectivity index (χ4n) is 6.37. The third-order valence-electron chi connectivity index (χ3n) is 8.65. The summed E-state index contributed by atoms with van der Waals surface area (Å²) < 4.78 is 0. The van der Waals surface area contributed by atoms with Crippen LogP contribution in [-0.4, -0.2) is 27.7 Å². The van der Waals surface area contributed by atoms with Gasteiger partial charge in [0, 0.05) is 18.5 Å². The number of hydrogen-bond donors (Lipinski definition) is 2. The van der Waals surface area contributed by atoms with Crippen molar-refractivity contribution < 1.29 is 14.4 Å². The molecule has 6 heteroatoms. The van der Waals surface area contributed by atoms with Gasteiger partial charge in [-0.05, 0) is 78.3 Å². The molecule has 2 N–H and O–H groups in total. The molecule has 2 aliphatic carbocycles. The lowest BCUT2D eigenvalue weighted by atomic mass is 9.77. The number of fused-ring (bicyclic) bond motifs is 2. The molecule has 6 nitrogen and oxygen atoms in total. The van der Waals surface area contributed by atoms with Crippen LogP contribution < -0.4 is 5.32 Å². The molecule has 4 atom stereocenters. The van der Waals surface area contributed by atoms with Gasteiger partial charge in [0.2, 0.25) is 5.91 Å². The number of nitrogens with one attached hydrogen (secondary N) is 2. The summed E-state index contributed by atoms with van der Waals surface area (Å²) in [6, 6.07) is 18.0. The molecule has 2 aromatic carbocycles. The smallest absolute Gasteiger partial charge is 0.232 e. The second kappa shape index (κ2) is 8.84. The van der Waals surface area contributed by atoms with Gasteiger partial charge in [0.05, 0.1) is 5.69 Å². The van der Waals surface area contributed by atoms with E-state index in [1.54, 1.807) is 6.20 Å². The Morgan fingerprint density at radius 2 is 1.92 bits per heavy atom. The fourth-order valence-corrected chi connectivity index (χ4v) is 6.37. The minimum Gasteiger partial charge on any atom is -0.339 e. The first-order valence-corrected chi connectivity index (χ1v) is 13.0. The highest BCUT2D eigenvalue weighted by Gasteiger charge is 2.56. The Kier molecular flexibility index (Phi) is 5.62. The second-order valence-corrected chi connectivity index (χ2v) is 10.8. The molecule has 3 unspecified atom stereocenters. The molecule has 1 aromatic heterocycles. The van der Waals surface area contributed by atoms with Gasteiger partial charge in [0.15, 0.2) is 5.78 Å². The van der Waals surface area contributed by atoms with E-state index >= 15 is 0 Å². The summed E-state index contributed by atoms with van der Waals surface area (Å²) in [4.78, 5) is 40.6. The number of nitrogens with zero attached hydrogens (tertiary/aromatic N) is 1. The van der Waals surface area contributed by atoms with Gasteiger partial charge >= 0.3 is 0 Å². The third kappa shape index (κ3) is 3.89. The van der Waals surface area contributed by atoms with E-state index in [-0.39, 0.29) is 35.7 Å². The van der Waals surface area contributed by atoms with Gasteiger partial charge in [0.25, 0.3) is 0 Å². The van der Waals surface area contributed by atoms with E-state index in [2.05, 4.69) is 40.6 Å². The van der Waals surface area contributed by atoms with E-state index in [0.29, 0.717) is 25.2 Å². The van der Waals surface area contributed by atoms with E-state index < -0.39 is 11.5 Å². The average molecular weight is 482 g/mol. The Labute approximate surface area is 210 Å². The Morgan fingerprint density at radius 1 is 1.11 bits per heavy atom. The van der Waals surface area contributed by atoms with E-state index in [0.717, 1.165) is 40.8 Å². The molecule has 2 heterocycles. The maximum Gasteiger partial charge on any atom is 0.232 e. The molecule has 1 aliphatic heterocycles. The predicted octanol–water partition coefficient (Wildman–Crippen LogP) is 4.40. The number of H-pyrrole nitrogens is 1. The molecule has 184 valence electrons. The van der Waals surface area contributed by atoms with E-state index in [9.17, 15) is 14.4 Å². The number of carbonyl (C=O) groups is 3. The van der Waals surface area contributed by atoms with Gasteiger partial charge in [0.1, 0.15) is 17.2 Å². The van der Waals surface area contributed by atoms with Crippen LogP contribution in [0.15, 0.2) is 60.8 Å². The van der Waals surface area contributed by atoms with Gasteiger partial charge in [-0.15, -0.1) is 0 Å². The molecule has 1 spiro atoms. The lowest BCUT2D eigenvalue weighted by Gasteiger charge is -2.25. The Balaban J connectivity index is 1.23. The molecule has 3 aromatic rings. The summed E-state index contributed by atoms with van der Waals surface area (Å²) in [7, 11) is 0. The number of Topliss-reactive ketones (excluding diaryl/α,β-unsaturated/α-hetero) is 2. The summed E-state index contributed by atoms with van der Waals surface area (Å²) >= 11 is 0. The summed E-state index contributed by atoms with van der Waals surface area (Å²) in [6.07, 6.45) is 5.91. The van der Waals surface area contributed by atoms with Crippen LogP contribution in [0.25, 0.3) is 11.3 Å². The number of ketones is 2. The number of aromatic amines is 1. The lowest BCUT2D eigenvalue weighted by Crippen LogP contribution is -2.41. The van der Waals surface area contributed by atoms with Gasteiger partial charge in [-0.2, -0.15) is 5.10 Å². The van der Waals surface area contributed by atoms with Gasteiger partial charge in [-0.1, -0.05) is 49.4 Å². The minimum atomic E-state index is -1.01. The normalized spacial score (nSPS) is 24.5. The largest absolute Gasteiger partial charge is 0.339 e. The first-order valence-electron chi connectivity index (χ1n) is 13.0. The second-order valence-electron chi connectivity index (χ2n) is 10.8. The zero-order valence-corrected chi connectivity index (χ0v) is 20.5. The van der Waals surface area contributed by atoms with Gasteiger partial charge in [-0.3, -0.25) is 19.5 Å². The summed E-state index contributed by atoms with van der Waals surface area (Å²) in [6.45, 7) is 2.16. The average Bonchev–Trinajstić information content (AvgIpc) is 3.39. The van der Waals surface area contributed by atoms with Crippen LogP contribution in [0, 0.1) is 23.7 Å². The van der Waals surface area contributed by atoms with Crippen LogP contribution in [0.1, 0.15) is 49.3 Å². The van der Waals surface area contributed by atoms with E-state index in [4.69, 9.17) is 0 Å². The zero-order valence-electron chi connectivity index (χ0n) is 20.5. The molecule has 2 fully saturated rings. The molecular weight excluding hydrogens is 450 g/mol. The summed E-state index contributed by atoms with van der Waals surface area (Å²) in [5.41, 5.74) is 3.96.